The number of hydrogen-bond acceptors (Lipinski definition) is 2. The van der Waals surface area contributed by atoms with Gasteiger partial charge >= 0.3 is 0 Å². The molecule has 0 atom stereocenters. The lowest BCUT2D eigenvalue weighted by Gasteiger charge is -2.12. The lowest BCUT2D eigenvalue weighted by Crippen LogP contribution is -2.01. The van der Waals surface area contributed by atoms with E-state index in [2.05, 4.69) is 15.9 Å². The molecule has 0 aromatic heterocycles. The van der Waals surface area contributed by atoms with Gasteiger partial charge in [-0.25, -0.2) is 4.39 Å². The number of nitrogens with two attached hydrogens (primary N) is 1. The molecule has 2 nitrogen and oxygen atoms in total. The number of benzene rings is 2. The Morgan fingerprint density at radius 2 is 1.89 bits per heavy atom. The first-order valence-corrected chi connectivity index (χ1v) is 6.42. The molecule has 19 heavy (non-hydrogen) atoms. The average Bonchev–Trinajstić information content (AvgIpc) is 2.35. The van der Waals surface area contributed by atoms with Crippen molar-refractivity contribution in [2.75, 3.05) is 0 Å². The van der Waals surface area contributed by atoms with Gasteiger partial charge in [-0.05, 0) is 30.7 Å². The van der Waals surface area contributed by atoms with E-state index in [0.29, 0.717) is 10.2 Å². The highest BCUT2D eigenvalue weighted by molar-refractivity contribution is 9.10. The summed E-state index contributed by atoms with van der Waals surface area (Å²) < 4.78 is 32.8. The zero-order valence-electron chi connectivity index (χ0n) is 10.2. The van der Waals surface area contributed by atoms with Gasteiger partial charge in [-0.2, -0.15) is 4.39 Å². The maximum Gasteiger partial charge on any atom is 0.201 e. The monoisotopic (exact) mass is 327 g/mol. The zero-order valence-corrected chi connectivity index (χ0v) is 11.8. The highest BCUT2D eigenvalue weighted by Crippen LogP contribution is 2.31. The molecule has 2 aromatic carbocycles. The summed E-state index contributed by atoms with van der Waals surface area (Å²) in [5, 5.41) is 0. The second-order valence-corrected chi connectivity index (χ2v) is 5.03. The van der Waals surface area contributed by atoms with Crippen LogP contribution in [0.5, 0.6) is 11.5 Å². The van der Waals surface area contributed by atoms with Gasteiger partial charge in [0.05, 0.1) is 0 Å². The van der Waals surface area contributed by atoms with Gasteiger partial charge in [-0.3, -0.25) is 0 Å². The van der Waals surface area contributed by atoms with Crippen LogP contribution < -0.4 is 10.5 Å². The van der Waals surface area contributed by atoms with E-state index in [1.165, 1.54) is 6.07 Å². The summed E-state index contributed by atoms with van der Waals surface area (Å²) in [5.74, 6) is -1.73. The van der Waals surface area contributed by atoms with Gasteiger partial charge in [0.1, 0.15) is 5.75 Å². The second kappa shape index (κ2) is 5.67. The minimum Gasteiger partial charge on any atom is -0.454 e. The summed E-state index contributed by atoms with van der Waals surface area (Å²) in [7, 11) is 0. The second-order valence-electron chi connectivity index (χ2n) is 4.12. The van der Waals surface area contributed by atoms with Gasteiger partial charge in [-0.15, -0.1) is 0 Å². The summed E-state index contributed by atoms with van der Waals surface area (Å²) in [6.07, 6.45) is 0. The molecule has 100 valence electrons. The van der Waals surface area contributed by atoms with Crippen LogP contribution in [-0.4, -0.2) is 0 Å². The normalized spacial score (nSPS) is 10.6. The molecule has 0 bridgehead atoms. The molecule has 0 saturated heterocycles. The molecule has 0 amide bonds. The summed E-state index contributed by atoms with van der Waals surface area (Å²) in [5.41, 5.74) is 7.27. The van der Waals surface area contributed by atoms with E-state index in [1.54, 1.807) is 12.1 Å². The van der Waals surface area contributed by atoms with Crippen LogP contribution in [0.1, 0.15) is 11.1 Å². The molecular weight excluding hydrogens is 316 g/mol. The molecular formula is C14H12BrF2NO. The number of rotatable bonds is 3. The van der Waals surface area contributed by atoms with Gasteiger partial charge in [0, 0.05) is 16.6 Å². The smallest absolute Gasteiger partial charge is 0.201 e. The Hall–Kier alpha value is -1.46. The van der Waals surface area contributed by atoms with Crippen molar-refractivity contribution in [2.24, 2.45) is 5.73 Å². The number of ether oxygens (including phenoxy) is 1. The lowest BCUT2D eigenvalue weighted by atomic mass is 10.1. The Morgan fingerprint density at radius 3 is 2.58 bits per heavy atom. The molecule has 0 radical (unpaired) electrons. The van der Waals surface area contributed by atoms with Crippen LogP contribution in [0.2, 0.25) is 0 Å². The van der Waals surface area contributed by atoms with Gasteiger partial charge in [-0.1, -0.05) is 28.1 Å². The summed E-state index contributed by atoms with van der Waals surface area (Å²) in [6.45, 7) is 2.14. The molecule has 0 aliphatic rings. The van der Waals surface area contributed by atoms with Crippen molar-refractivity contribution >= 4 is 15.9 Å². The third-order valence-electron chi connectivity index (χ3n) is 2.62. The third kappa shape index (κ3) is 3.11. The molecule has 0 aliphatic heterocycles. The molecule has 2 N–H and O–H groups in total. The lowest BCUT2D eigenvalue weighted by molar-refractivity contribution is 0.412. The highest BCUT2D eigenvalue weighted by atomic mass is 79.9. The topological polar surface area (TPSA) is 35.2 Å². The maximum absolute atomic E-state index is 13.7. The fraction of sp³-hybridized carbons (Fsp3) is 0.143. The van der Waals surface area contributed by atoms with Gasteiger partial charge in [0.15, 0.2) is 11.6 Å². The van der Waals surface area contributed by atoms with Crippen molar-refractivity contribution < 1.29 is 13.5 Å². The van der Waals surface area contributed by atoms with Crippen molar-refractivity contribution in [3.8, 4) is 11.5 Å². The fourth-order valence-electron chi connectivity index (χ4n) is 1.65. The summed E-state index contributed by atoms with van der Waals surface area (Å²) in [6, 6.07) is 7.84. The molecule has 2 aromatic rings. The predicted molar refractivity (Wildman–Crippen MR) is 73.2 cm³/mol. The van der Waals surface area contributed by atoms with E-state index >= 15 is 0 Å². The maximum atomic E-state index is 13.7. The fourth-order valence-corrected chi connectivity index (χ4v) is 2.06. The number of halogens is 3. The van der Waals surface area contributed by atoms with Crippen molar-refractivity contribution in [1.82, 2.24) is 0 Å². The number of hydrogen-bond donors (Lipinski definition) is 1. The molecule has 5 heteroatoms. The third-order valence-corrected chi connectivity index (χ3v) is 3.08. The van der Waals surface area contributed by atoms with Crippen molar-refractivity contribution in [2.45, 2.75) is 13.5 Å². The molecule has 0 fully saturated rings. The van der Waals surface area contributed by atoms with Crippen LogP contribution in [-0.2, 0) is 6.54 Å². The van der Waals surface area contributed by atoms with Crippen LogP contribution in [0, 0.1) is 18.6 Å². The molecule has 0 aliphatic carbocycles. The van der Waals surface area contributed by atoms with E-state index in [-0.39, 0.29) is 12.3 Å². The molecule has 0 heterocycles. The van der Waals surface area contributed by atoms with Crippen LogP contribution in [0.4, 0.5) is 8.78 Å². The molecule has 2 rings (SSSR count). The van der Waals surface area contributed by atoms with Gasteiger partial charge in [0.2, 0.25) is 5.82 Å². The van der Waals surface area contributed by atoms with Crippen LogP contribution >= 0.6 is 15.9 Å². The molecule has 0 saturated carbocycles. The Morgan fingerprint density at radius 1 is 1.16 bits per heavy atom. The van der Waals surface area contributed by atoms with Crippen LogP contribution in [0.15, 0.2) is 34.8 Å². The molecule has 0 spiro atoms. The Balaban J connectivity index is 2.44. The van der Waals surface area contributed by atoms with E-state index < -0.39 is 11.6 Å². The highest BCUT2D eigenvalue weighted by Gasteiger charge is 2.13. The molecule has 0 unspecified atom stereocenters. The number of aryl methyl sites for hydroxylation is 1. The van der Waals surface area contributed by atoms with Crippen LogP contribution in [0.25, 0.3) is 0 Å². The quantitative estimate of drug-likeness (QED) is 0.853. The Labute approximate surface area is 118 Å². The van der Waals surface area contributed by atoms with Crippen molar-refractivity contribution in [3.63, 3.8) is 0 Å². The van der Waals surface area contributed by atoms with Crippen LogP contribution in [0.3, 0.4) is 0 Å². The minimum absolute atomic E-state index is 0.174. The SMILES string of the molecule is Cc1ccc(CN)c(Oc2cc(Br)cc(F)c2F)c1. The Bertz CT molecular complexity index is 617. The minimum atomic E-state index is -1.02. The van der Waals surface area contributed by atoms with Gasteiger partial charge < -0.3 is 10.5 Å². The first-order chi connectivity index (χ1) is 9.01. The average molecular weight is 328 g/mol. The Kier molecular flexibility index (Phi) is 4.17. The standard InChI is InChI=1S/C14H12BrF2NO/c1-8-2-3-9(7-18)12(4-8)19-13-6-10(15)5-11(16)14(13)17/h2-6H,7,18H2,1H3. The van der Waals surface area contributed by atoms with E-state index in [9.17, 15) is 8.78 Å². The van der Waals surface area contributed by atoms with Gasteiger partial charge in [0.25, 0.3) is 0 Å². The summed E-state index contributed by atoms with van der Waals surface area (Å²) in [4.78, 5) is 0. The first kappa shape index (κ1) is 14.0. The van der Waals surface area contributed by atoms with E-state index in [1.807, 2.05) is 13.0 Å². The largest absolute Gasteiger partial charge is 0.454 e. The van der Waals surface area contributed by atoms with E-state index in [4.69, 9.17) is 10.5 Å². The van der Waals surface area contributed by atoms with Crippen molar-refractivity contribution in [1.29, 1.82) is 0 Å². The van der Waals surface area contributed by atoms with E-state index in [0.717, 1.165) is 17.2 Å². The summed E-state index contributed by atoms with van der Waals surface area (Å²) >= 11 is 3.10. The first-order valence-electron chi connectivity index (χ1n) is 5.63. The zero-order chi connectivity index (χ0) is 14.0. The van der Waals surface area contributed by atoms with Crippen molar-refractivity contribution in [3.05, 3.63) is 57.6 Å². The predicted octanol–water partition coefficient (Wildman–Crippen LogP) is 4.29.